The molecular weight excluding hydrogens is 347 g/mol. The molecule has 138 valence electrons. The predicted octanol–water partition coefficient (Wildman–Crippen LogP) is 2.86. The van der Waals surface area contributed by atoms with E-state index in [0.29, 0.717) is 23.4 Å². The highest BCUT2D eigenvalue weighted by molar-refractivity contribution is 5.94. The summed E-state index contributed by atoms with van der Waals surface area (Å²) in [6.45, 7) is 0.575. The van der Waals surface area contributed by atoms with Gasteiger partial charge in [0.2, 0.25) is 0 Å². The zero-order valence-electron chi connectivity index (χ0n) is 14.7. The third-order valence-corrected chi connectivity index (χ3v) is 5.61. The zero-order valence-corrected chi connectivity index (χ0v) is 14.7. The molecule has 1 aromatic carbocycles. The van der Waals surface area contributed by atoms with Gasteiger partial charge < -0.3 is 14.9 Å². The SMILES string of the molecule is O=C(c1cc2c([nH]c1=O)CCC2)N1CCCC1c1nc2ccc(F)cc2[nH]1. The smallest absolute Gasteiger partial charge is 0.261 e. The number of pyridine rings is 1. The zero-order chi connectivity index (χ0) is 18.5. The number of nitrogens with zero attached hydrogens (tertiary/aromatic N) is 2. The number of imidazole rings is 1. The maximum absolute atomic E-state index is 13.5. The van der Waals surface area contributed by atoms with Gasteiger partial charge in [0.1, 0.15) is 17.2 Å². The Bertz CT molecular complexity index is 1120. The molecule has 1 atom stereocenters. The fourth-order valence-corrected chi connectivity index (χ4v) is 4.28. The van der Waals surface area contributed by atoms with Crippen LogP contribution in [0.3, 0.4) is 0 Å². The average molecular weight is 366 g/mol. The number of fused-ring (bicyclic) bond motifs is 2. The van der Waals surface area contributed by atoms with Crippen LogP contribution in [-0.2, 0) is 12.8 Å². The van der Waals surface area contributed by atoms with E-state index in [4.69, 9.17) is 0 Å². The maximum Gasteiger partial charge on any atom is 0.261 e. The molecule has 0 bridgehead atoms. The molecule has 3 aromatic rings. The van der Waals surface area contributed by atoms with Gasteiger partial charge in [-0.2, -0.15) is 0 Å². The van der Waals surface area contributed by atoms with Crippen LogP contribution < -0.4 is 5.56 Å². The summed E-state index contributed by atoms with van der Waals surface area (Å²) >= 11 is 0. The second kappa shape index (κ2) is 6.04. The molecule has 1 unspecified atom stereocenters. The van der Waals surface area contributed by atoms with Gasteiger partial charge in [0.25, 0.3) is 11.5 Å². The molecule has 5 rings (SSSR count). The minimum atomic E-state index is -0.332. The molecule has 7 heteroatoms. The number of rotatable bonds is 2. The summed E-state index contributed by atoms with van der Waals surface area (Å²) in [4.78, 5) is 37.8. The van der Waals surface area contributed by atoms with Crippen molar-refractivity contribution in [1.29, 1.82) is 0 Å². The highest BCUT2D eigenvalue weighted by atomic mass is 19.1. The van der Waals surface area contributed by atoms with E-state index < -0.39 is 0 Å². The van der Waals surface area contributed by atoms with E-state index in [1.165, 1.54) is 12.1 Å². The molecule has 2 aliphatic rings. The van der Waals surface area contributed by atoms with Crippen LogP contribution in [0.15, 0.2) is 29.1 Å². The van der Waals surface area contributed by atoms with E-state index in [1.807, 2.05) is 0 Å². The first kappa shape index (κ1) is 16.2. The second-order valence-corrected chi connectivity index (χ2v) is 7.31. The molecule has 0 radical (unpaired) electrons. The van der Waals surface area contributed by atoms with Gasteiger partial charge in [-0.25, -0.2) is 9.37 Å². The number of carbonyl (C=O) groups is 1. The van der Waals surface area contributed by atoms with E-state index >= 15 is 0 Å². The van der Waals surface area contributed by atoms with Crippen LogP contribution in [0.4, 0.5) is 4.39 Å². The fourth-order valence-electron chi connectivity index (χ4n) is 4.28. The van der Waals surface area contributed by atoms with Crippen LogP contribution in [-0.4, -0.2) is 32.3 Å². The number of nitrogens with one attached hydrogen (secondary N) is 2. The Morgan fingerprint density at radius 1 is 1.19 bits per heavy atom. The minimum Gasteiger partial charge on any atom is -0.340 e. The summed E-state index contributed by atoms with van der Waals surface area (Å²) < 4.78 is 13.5. The number of hydrogen-bond donors (Lipinski definition) is 2. The molecule has 1 aliphatic carbocycles. The van der Waals surface area contributed by atoms with Gasteiger partial charge in [0.05, 0.1) is 17.1 Å². The number of likely N-dealkylation sites (tertiary alicyclic amines) is 1. The van der Waals surface area contributed by atoms with Crippen molar-refractivity contribution in [2.45, 2.75) is 38.1 Å². The van der Waals surface area contributed by atoms with E-state index in [1.54, 1.807) is 17.0 Å². The topological polar surface area (TPSA) is 81.8 Å². The van der Waals surface area contributed by atoms with Gasteiger partial charge in [0, 0.05) is 12.2 Å². The van der Waals surface area contributed by atoms with E-state index in [9.17, 15) is 14.0 Å². The lowest BCUT2D eigenvalue weighted by atomic mass is 10.1. The average Bonchev–Trinajstić information content (AvgIpc) is 3.38. The third-order valence-electron chi connectivity index (χ3n) is 5.61. The monoisotopic (exact) mass is 366 g/mol. The van der Waals surface area contributed by atoms with Crippen molar-refractivity contribution < 1.29 is 9.18 Å². The third kappa shape index (κ3) is 2.65. The highest BCUT2D eigenvalue weighted by Gasteiger charge is 2.34. The fraction of sp³-hybridized carbons (Fsp3) is 0.350. The summed E-state index contributed by atoms with van der Waals surface area (Å²) in [6.07, 6.45) is 4.36. The van der Waals surface area contributed by atoms with Crippen molar-refractivity contribution in [2.75, 3.05) is 6.54 Å². The number of aromatic amines is 2. The number of benzene rings is 1. The van der Waals surface area contributed by atoms with Gasteiger partial charge in [-0.3, -0.25) is 9.59 Å². The molecular formula is C20H19FN4O2. The number of aromatic nitrogens is 3. The minimum absolute atomic E-state index is 0.199. The van der Waals surface area contributed by atoms with Crippen molar-refractivity contribution in [2.24, 2.45) is 0 Å². The predicted molar refractivity (Wildman–Crippen MR) is 98.2 cm³/mol. The Kier molecular flexibility index (Phi) is 3.63. The van der Waals surface area contributed by atoms with Crippen molar-refractivity contribution in [3.63, 3.8) is 0 Å². The van der Waals surface area contributed by atoms with Crippen LogP contribution in [0.2, 0.25) is 0 Å². The van der Waals surface area contributed by atoms with Crippen molar-refractivity contribution >= 4 is 16.9 Å². The van der Waals surface area contributed by atoms with Gasteiger partial charge in [0.15, 0.2) is 0 Å². The molecule has 27 heavy (non-hydrogen) atoms. The van der Waals surface area contributed by atoms with Crippen LogP contribution in [0.5, 0.6) is 0 Å². The lowest BCUT2D eigenvalue weighted by Gasteiger charge is -2.23. The number of halogens is 1. The highest BCUT2D eigenvalue weighted by Crippen LogP contribution is 2.32. The lowest BCUT2D eigenvalue weighted by molar-refractivity contribution is 0.0728. The molecule has 3 heterocycles. The van der Waals surface area contributed by atoms with E-state index in [-0.39, 0.29) is 28.9 Å². The molecule has 6 nitrogen and oxygen atoms in total. The van der Waals surface area contributed by atoms with E-state index in [2.05, 4.69) is 15.0 Å². The first-order chi connectivity index (χ1) is 13.1. The van der Waals surface area contributed by atoms with Crippen molar-refractivity contribution in [3.8, 4) is 0 Å². The lowest BCUT2D eigenvalue weighted by Crippen LogP contribution is -2.35. The molecule has 2 N–H and O–H groups in total. The summed E-state index contributed by atoms with van der Waals surface area (Å²) in [5.41, 5.74) is 3.17. The van der Waals surface area contributed by atoms with Gasteiger partial charge >= 0.3 is 0 Å². The first-order valence-electron chi connectivity index (χ1n) is 9.31. The summed E-state index contributed by atoms with van der Waals surface area (Å²) in [5, 5.41) is 0. The van der Waals surface area contributed by atoms with Crippen molar-refractivity contribution in [3.05, 3.63) is 63.1 Å². The quantitative estimate of drug-likeness (QED) is 0.732. The summed E-state index contributed by atoms with van der Waals surface area (Å²) in [7, 11) is 0. The van der Waals surface area contributed by atoms with Gasteiger partial charge in [-0.05, 0) is 61.9 Å². The Morgan fingerprint density at radius 3 is 2.96 bits per heavy atom. The number of hydrogen-bond acceptors (Lipinski definition) is 3. The largest absolute Gasteiger partial charge is 0.340 e. The first-order valence-corrected chi connectivity index (χ1v) is 9.31. The summed E-state index contributed by atoms with van der Waals surface area (Å²) in [6, 6.07) is 5.91. The number of amides is 1. The molecule has 1 amide bonds. The Balaban J connectivity index is 1.50. The molecule has 0 saturated carbocycles. The number of H-pyrrole nitrogens is 2. The molecule has 2 aromatic heterocycles. The normalized spacial score (nSPS) is 19.0. The van der Waals surface area contributed by atoms with Crippen LogP contribution in [0, 0.1) is 5.82 Å². The van der Waals surface area contributed by atoms with E-state index in [0.717, 1.165) is 43.4 Å². The summed E-state index contributed by atoms with van der Waals surface area (Å²) in [5.74, 6) is 0.0425. The Morgan fingerprint density at radius 2 is 2.07 bits per heavy atom. The molecule has 1 saturated heterocycles. The van der Waals surface area contributed by atoms with Gasteiger partial charge in [-0.1, -0.05) is 0 Å². The van der Waals surface area contributed by atoms with Crippen LogP contribution in [0.25, 0.3) is 11.0 Å². The number of aryl methyl sites for hydroxylation is 2. The van der Waals surface area contributed by atoms with Gasteiger partial charge in [-0.15, -0.1) is 0 Å². The second-order valence-electron chi connectivity index (χ2n) is 7.31. The van der Waals surface area contributed by atoms with Crippen LogP contribution in [0.1, 0.15) is 52.7 Å². The standard InChI is InChI=1S/C20H19FN4O2/c21-12-6-7-15-16(10-12)23-18(22-15)17-5-2-8-25(17)20(27)13-9-11-3-1-4-14(11)24-19(13)26/h6-7,9-10,17H,1-5,8H2,(H,22,23)(H,24,26). The molecule has 1 fully saturated rings. The van der Waals surface area contributed by atoms with Crippen LogP contribution >= 0.6 is 0 Å². The molecule has 1 aliphatic heterocycles. The number of carbonyl (C=O) groups excluding carboxylic acids is 1. The maximum atomic E-state index is 13.5. The Labute approximate surface area is 154 Å². The van der Waals surface area contributed by atoms with Crippen molar-refractivity contribution in [1.82, 2.24) is 19.9 Å². The molecule has 0 spiro atoms. The Hall–Kier alpha value is -2.96.